The maximum absolute atomic E-state index is 12.1. The number of ether oxygens (including phenoxy) is 1. The van der Waals surface area contributed by atoms with Gasteiger partial charge in [-0.3, -0.25) is 0 Å². The third kappa shape index (κ3) is 4.71. The number of benzene rings is 1. The van der Waals surface area contributed by atoms with Crippen molar-refractivity contribution in [2.24, 2.45) is 5.92 Å². The SMILES string of the molecule is COc1ccc(CS(=O)(=O)CCC2CC2)cc1S(C)(=O)=O. The number of hydrogen-bond donors (Lipinski definition) is 0. The van der Waals surface area contributed by atoms with Crippen LogP contribution >= 0.6 is 0 Å². The molecular formula is C14H20O5S2. The molecular weight excluding hydrogens is 312 g/mol. The minimum absolute atomic E-state index is 0.0277. The van der Waals surface area contributed by atoms with Crippen molar-refractivity contribution in [3.63, 3.8) is 0 Å². The predicted octanol–water partition coefficient (Wildman–Crippen LogP) is 1.81. The Morgan fingerprint density at radius 2 is 1.86 bits per heavy atom. The Bertz CT molecular complexity index is 716. The van der Waals surface area contributed by atoms with Gasteiger partial charge in [0.05, 0.1) is 18.6 Å². The van der Waals surface area contributed by atoms with Crippen LogP contribution in [0.5, 0.6) is 5.75 Å². The molecule has 0 heterocycles. The van der Waals surface area contributed by atoms with Gasteiger partial charge in [0, 0.05) is 6.26 Å². The molecule has 0 saturated heterocycles. The van der Waals surface area contributed by atoms with Gasteiger partial charge in [0.2, 0.25) is 0 Å². The molecule has 2 rings (SSSR count). The van der Waals surface area contributed by atoms with E-state index in [1.807, 2.05) is 0 Å². The third-order valence-electron chi connectivity index (χ3n) is 3.55. The molecule has 1 fully saturated rings. The Kier molecular flexibility index (Phi) is 4.63. The van der Waals surface area contributed by atoms with E-state index < -0.39 is 19.7 Å². The zero-order valence-corrected chi connectivity index (χ0v) is 13.8. The van der Waals surface area contributed by atoms with Crippen LogP contribution < -0.4 is 4.74 Å². The highest BCUT2D eigenvalue weighted by molar-refractivity contribution is 7.91. The Morgan fingerprint density at radius 3 is 2.38 bits per heavy atom. The second kappa shape index (κ2) is 5.96. The summed E-state index contributed by atoms with van der Waals surface area (Å²) in [6, 6.07) is 4.49. The fourth-order valence-corrected chi connectivity index (χ4v) is 4.59. The number of hydrogen-bond acceptors (Lipinski definition) is 5. The molecule has 1 aromatic rings. The average Bonchev–Trinajstić information content (AvgIpc) is 3.19. The summed E-state index contributed by atoms with van der Waals surface area (Å²) in [4.78, 5) is 0.0277. The van der Waals surface area contributed by atoms with Crippen LogP contribution in [0.1, 0.15) is 24.8 Å². The lowest BCUT2D eigenvalue weighted by Gasteiger charge is -2.10. The Hall–Kier alpha value is -1.08. The van der Waals surface area contributed by atoms with Gasteiger partial charge in [-0.2, -0.15) is 0 Å². The summed E-state index contributed by atoms with van der Waals surface area (Å²) in [6.07, 6.45) is 4.03. The topological polar surface area (TPSA) is 77.5 Å². The lowest BCUT2D eigenvalue weighted by Crippen LogP contribution is -2.11. The quantitative estimate of drug-likeness (QED) is 0.761. The van der Waals surface area contributed by atoms with Crippen molar-refractivity contribution >= 4 is 19.7 Å². The number of methoxy groups -OCH3 is 1. The van der Waals surface area contributed by atoms with Crippen LogP contribution in [0.25, 0.3) is 0 Å². The summed E-state index contributed by atoms with van der Waals surface area (Å²) >= 11 is 0. The van der Waals surface area contributed by atoms with Crippen LogP contribution in [0.15, 0.2) is 23.1 Å². The van der Waals surface area contributed by atoms with E-state index >= 15 is 0 Å². The van der Waals surface area contributed by atoms with Crippen molar-refractivity contribution in [3.8, 4) is 5.75 Å². The predicted molar refractivity (Wildman–Crippen MR) is 80.9 cm³/mol. The van der Waals surface area contributed by atoms with Crippen LogP contribution in [0.4, 0.5) is 0 Å². The van der Waals surface area contributed by atoms with E-state index in [1.165, 1.54) is 19.2 Å². The Morgan fingerprint density at radius 1 is 1.19 bits per heavy atom. The molecule has 7 heteroatoms. The first-order valence-electron chi connectivity index (χ1n) is 6.79. The fourth-order valence-electron chi connectivity index (χ4n) is 2.18. The third-order valence-corrected chi connectivity index (χ3v) is 6.30. The van der Waals surface area contributed by atoms with E-state index in [2.05, 4.69) is 0 Å². The molecule has 0 aliphatic heterocycles. The van der Waals surface area contributed by atoms with Crippen molar-refractivity contribution in [2.45, 2.75) is 29.9 Å². The van der Waals surface area contributed by atoms with Crippen LogP contribution in [0.3, 0.4) is 0 Å². The molecule has 0 N–H and O–H groups in total. The van der Waals surface area contributed by atoms with Gasteiger partial charge in [-0.15, -0.1) is 0 Å². The minimum Gasteiger partial charge on any atom is -0.495 e. The van der Waals surface area contributed by atoms with Crippen molar-refractivity contribution in [3.05, 3.63) is 23.8 Å². The van der Waals surface area contributed by atoms with E-state index in [4.69, 9.17) is 4.74 Å². The molecule has 1 aliphatic carbocycles. The lowest BCUT2D eigenvalue weighted by molar-refractivity contribution is 0.402. The summed E-state index contributed by atoms with van der Waals surface area (Å²) < 4.78 is 52.6. The van der Waals surface area contributed by atoms with Gasteiger partial charge in [-0.05, 0) is 30.0 Å². The number of sulfone groups is 2. The van der Waals surface area contributed by atoms with Crippen molar-refractivity contribution in [1.29, 1.82) is 0 Å². The van der Waals surface area contributed by atoms with Gasteiger partial charge in [0.15, 0.2) is 19.7 Å². The Balaban J connectivity index is 2.20. The first kappa shape index (κ1) is 16.3. The van der Waals surface area contributed by atoms with Gasteiger partial charge in [0.1, 0.15) is 10.6 Å². The Labute approximate surface area is 126 Å². The molecule has 0 radical (unpaired) electrons. The van der Waals surface area contributed by atoms with Gasteiger partial charge in [0.25, 0.3) is 0 Å². The number of rotatable bonds is 7. The van der Waals surface area contributed by atoms with E-state index in [-0.39, 0.29) is 22.2 Å². The normalized spacial score (nSPS) is 15.9. The van der Waals surface area contributed by atoms with Gasteiger partial charge >= 0.3 is 0 Å². The minimum atomic E-state index is -3.46. The summed E-state index contributed by atoms with van der Waals surface area (Å²) in [5.74, 6) is 0.822. The molecule has 1 aromatic carbocycles. The van der Waals surface area contributed by atoms with E-state index in [1.54, 1.807) is 6.07 Å². The highest BCUT2D eigenvalue weighted by atomic mass is 32.2. The zero-order chi connectivity index (χ0) is 15.7. The average molecular weight is 332 g/mol. The molecule has 0 amide bonds. The summed E-state index contributed by atoms with van der Waals surface area (Å²) in [5, 5.41) is 0. The van der Waals surface area contributed by atoms with E-state index in [0.29, 0.717) is 17.9 Å². The molecule has 1 aliphatic rings. The van der Waals surface area contributed by atoms with Crippen molar-refractivity contribution in [1.82, 2.24) is 0 Å². The maximum atomic E-state index is 12.1. The zero-order valence-electron chi connectivity index (χ0n) is 12.2. The van der Waals surface area contributed by atoms with Crippen molar-refractivity contribution < 1.29 is 21.6 Å². The van der Waals surface area contributed by atoms with Gasteiger partial charge < -0.3 is 4.74 Å². The monoisotopic (exact) mass is 332 g/mol. The second-order valence-corrected chi connectivity index (χ2v) is 9.75. The standard InChI is InChI=1S/C14H20O5S2/c1-19-13-6-5-12(9-14(13)20(2,15)16)10-21(17,18)8-7-11-3-4-11/h5-6,9,11H,3-4,7-8,10H2,1-2H3. The first-order valence-corrected chi connectivity index (χ1v) is 10.5. The molecule has 1 saturated carbocycles. The molecule has 118 valence electrons. The molecule has 0 unspecified atom stereocenters. The van der Waals surface area contributed by atoms with Gasteiger partial charge in [-0.25, -0.2) is 16.8 Å². The molecule has 0 spiro atoms. The summed E-state index contributed by atoms with van der Waals surface area (Å²) in [6.45, 7) is 0. The highest BCUT2D eigenvalue weighted by Crippen LogP contribution is 2.33. The van der Waals surface area contributed by atoms with Crippen LogP contribution in [0, 0.1) is 5.92 Å². The van der Waals surface area contributed by atoms with Crippen LogP contribution in [0.2, 0.25) is 0 Å². The second-order valence-electron chi connectivity index (χ2n) is 5.58. The van der Waals surface area contributed by atoms with Gasteiger partial charge in [-0.1, -0.05) is 18.9 Å². The van der Waals surface area contributed by atoms with Crippen LogP contribution in [-0.2, 0) is 25.4 Å². The molecule has 0 bridgehead atoms. The first-order chi connectivity index (χ1) is 9.71. The van der Waals surface area contributed by atoms with Crippen molar-refractivity contribution in [2.75, 3.05) is 19.1 Å². The maximum Gasteiger partial charge on any atom is 0.179 e. The lowest BCUT2D eigenvalue weighted by atomic mass is 10.2. The van der Waals surface area contributed by atoms with E-state index in [9.17, 15) is 16.8 Å². The molecule has 21 heavy (non-hydrogen) atoms. The van der Waals surface area contributed by atoms with E-state index in [0.717, 1.165) is 19.1 Å². The molecule has 5 nitrogen and oxygen atoms in total. The molecule has 0 aromatic heterocycles. The summed E-state index contributed by atoms with van der Waals surface area (Å²) in [7, 11) is -5.28. The largest absolute Gasteiger partial charge is 0.495 e. The summed E-state index contributed by atoms with van der Waals surface area (Å²) in [5.41, 5.74) is 0.479. The fraction of sp³-hybridized carbons (Fsp3) is 0.571. The molecule has 0 atom stereocenters. The van der Waals surface area contributed by atoms with Crippen LogP contribution in [-0.4, -0.2) is 36.0 Å². The smallest absolute Gasteiger partial charge is 0.179 e. The highest BCUT2D eigenvalue weighted by Gasteiger charge is 2.24.